The van der Waals surface area contributed by atoms with Crippen LogP contribution in [-0.2, 0) is 17.9 Å². The Bertz CT molecular complexity index is 1040. The van der Waals surface area contributed by atoms with E-state index in [4.69, 9.17) is 10.5 Å². The maximum Gasteiger partial charge on any atom is 0.328 e. The number of nitrogens with one attached hydrogen (secondary N) is 1. The lowest BCUT2D eigenvalue weighted by Crippen LogP contribution is -2.55. The number of nitrogens with zero attached hydrogens (tertiary/aromatic N) is 4. The molecule has 7 nitrogen and oxygen atoms in total. The van der Waals surface area contributed by atoms with Crippen molar-refractivity contribution in [3.05, 3.63) is 70.8 Å². The molecule has 1 N–H and O–H groups in total. The van der Waals surface area contributed by atoms with Crippen molar-refractivity contribution in [1.82, 2.24) is 15.1 Å². The quantitative estimate of drug-likeness (QED) is 0.797. The minimum absolute atomic E-state index is 0.160. The third-order valence-electron chi connectivity index (χ3n) is 5.90. The van der Waals surface area contributed by atoms with E-state index in [9.17, 15) is 9.59 Å². The number of piperidine rings is 1. The molecule has 0 aromatic heterocycles. The van der Waals surface area contributed by atoms with Gasteiger partial charge in [0.25, 0.3) is 5.91 Å². The Morgan fingerprint density at radius 3 is 1.83 bits per heavy atom. The second kappa shape index (κ2) is 7.98. The Hall–Kier alpha value is -3.68. The van der Waals surface area contributed by atoms with Crippen LogP contribution in [0.15, 0.2) is 48.5 Å². The fourth-order valence-corrected chi connectivity index (χ4v) is 4.20. The number of hydrogen-bond acceptors (Lipinski definition) is 5. The fourth-order valence-electron chi connectivity index (χ4n) is 4.20. The Morgan fingerprint density at radius 1 is 0.833 bits per heavy atom. The first-order valence-corrected chi connectivity index (χ1v) is 9.90. The van der Waals surface area contributed by atoms with Crippen LogP contribution in [0, 0.1) is 22.7 Å². The molecule has 0 bridgehead atoms. The number of urea groups is 1. The zero-order chi connectivity index (χ0) is 21.1. The largest absolute Gasteiger partial charge is 0.328 e. The van der Waals surface area contributed by atoms with E-state index in [-0.39, 0.29) is 18.5 Å². The van der Waals surface area contributed by atoms with E-state index in [1.165, 1.54) is 4.90 Å². The molecule has 2 saturated heterocycles. The lowest BCUT2D eigenvalue weighted by atomic mass is 9.86. The molecule has 0 unspecified atom stereocenters. The molecular weight excluding hydrogens is 378 g/mol. The molecule has 0 radical (unpaired) electrons. The normalized spacial score (nSPS) is 17.8. The maximum atomic E-state index is 13.5. The van der Waals surface area contributed by atoms with Crippen LogP contribution in [0.4, 0.5) is 4.79 Å². The first kappa shape index (κ1) is 19.6. The number of nitriles is 2. The molecule has 7 heteroatoms. The molecule has 2 aromatic carbocycles. The second-order valence-corrected chi connectivity index (χ2v) is 7.66. The molecule has 0 saturated carbocycles. The predicted octanol–water partition coefficient (Wildman–Crippen LogP) is 2.52. The number of benzene rings is 2. The highest BCUT2D eigenvalue weighted by atomic mass is 16.2. The zero-order valence-corrected chi connectivity index (χ0v) is 16.5. The van der Waals surface area contributed by atoms with Crippen LogP contribution in [0.3, 0.4) is 0 Å². The van der Waals surface area contributed by atoms with Gasteiger partial charge in [-0.3, -0.25) is 9.69 Å². The maximum absolute atomic E-state index is 13.5. The molecule has 30 heavy (non-hydrogen) atoms. The van der Waals surface area contributed by atoms with Gasteiger partial charge in [0.2, 0.25) is 0 Å². The van der Waals surface area contributed by atoms with Gasteiger partial charge in [-0.1, -0.05) is 24.3 Å². The first-order valence-electron chi connectivity index (χ1n) is 9.90. The van der Waals surface area contributed by atoms with Crippen LogP contribution in [0.25, 0.3) is 0 Å². The lowest BCUT2D eigenvalue weighted by Gasteiger charge is -2.38. The van der Waals surface area contributed by atoms with Crippen LogP contribution in [0.2, 0.25) is 0 Å². The van der Waals surface area contributed by atoms with Gasteiger partial charge in [0.15, 0.2) is 0 Å². The molecule has 4 rings (SSSR count). The van der Waals surface area contributed by atoms with Crippen molar-refractivity contribution < 1.29 is 9.59 Å². The second-order valence-electron chi connectivity index (χ2n) is 7.66. The Labute approximate surface area is 175 Å². The molecule has 2 aliphatic heterocycles. The average Bonchev–Trinajstić information content (AvgIpc) is 2.97. The van der Waals surface area contributed by atoms with E-state index in [1.54, 1.807) is 41.3 Å². The third-order valence-corrected chi connectivity index (χ3v) is 5.90. The van der Waals surface area contributed by atoms with Crippen molar-refractivity contribution in [2.24, 2.45) is 0 Å². The van der Waals surface area contributed by atoms with Gasteiger partial charge < -0.3 is 10.2 Å². The minimum atomic E-state index is -0.844. The summed E-state index contributed by atoms with van der Waals surface area (Å²) in [5.41, 5.74) is 1.94. The molecule has 1 spiro atoms. The number of hydrogen-bond donors (Lipinski definition) is 1. The van der Waals surface area contributed by atoms with Gasteiger partial charge >= 0.3 is 6.03 Å². The number of carbonyl (C=O) groups excluding carboxylic acids is 2. The zero-order valence-electron chi connectivity index (χ0n) is 16.5. The Balaban J connectivity index is 1.63. The molecule has 2 aromatic rings. The van der Waals surface area contributed by atoms with E-state index in [0.29, 0.717) is 43.6 Å². The van der Waals surface area contributed by atoms with Gasteiger partial charge in [-0.05, 0) is 61.3 Å². The summed E-state index contributed by atoms with van der Waals surface area (Å²) in [4.78, 5) is 29.8. The molecule has 2 fully saturated rings. The number of carbonyl (C=O) groups is 2. The van der Waals surface area contributed by atoms with Crippen molar-refractivity contribution in [3.63, 3.8) is 0 Å². The molecule has 150 valence electrons. The highest BCUT2D eigenvalue weighted by Crippen LogP contribution is 2.37. The van der Waals surface area contributed by atoms with E-state index >= 15 is 0 Å². The molecule has 2 heterocycles. The minimum Gasteiger partial charge on any atom is -0.317 e. The average molecular weight is 399 g/mol. The van der Waals surface area contributed by atoms with E-state index in [0.717, 1.165) is 11.1 Å². The van der Waals surface area contributed by atoms with Gasteiger partial charge in [-0.25, -0.2) is 4.79 Å². The number of imide groups is 1. The van der Waals surface area contributed by atoms with Gasteiger partial charge in [-0.15, -0.1) is 0 Å². The number of amides is 3. The molecule has 0 atom stereocenters. The fraction of sp³-hybridized carbons (Fsp3) is 0.304. The summed E-state index contributed by atoms with van der Waals surface area (Å²) in [5.74, 6) is -0.160. The smallest absolute Gasteiger partial charge is 0.317 e. The summed E-state index contributed by atoms with van der Waals surface area (Å²) in [6.45, 7) is 1.85. The standard InChI is InChI=1S/C23H21N5O2/c24-13-17-1-5-19(6-2-17)15-27-21(29)23(9-11-26-12-10-23)28(22(27)30)16-20-7-3-18(14-25)4-8-20/h1-8,26H,9-12,15-16H2. The van der Waals surface area contributed by atoms with Crippen molar-refractivity contribution in [2.75, 3.05) is 13.1 Å². The van der Waals surface area contributed by atoms with Crippen molar-refractivity contribution in [1.29, 1.82) is 10.5 Å². The number of rotatable bonds is 4. The van der Waals surface area contributed by atoms with Crippen LogP contribution >= 0.6 is 0 Å². The highest BCUT2D eigenvalue weighted by molar-refractivity contribution is 6.07. The monoisotopic (exact) mass is 399 g/mol. The van der Waals surface area contributed by atoms with Crippen LogP contribution in [-0.4, -0.2) is 40.4 Å². The summed E-state index contributed by atoms with van der Waals surface area (Å²) in [6, 6.07) is 17.9. The lowest BCUT2D eigenvalue weighted by molar-refractivity contribution is -0.135. The van der Waals surface area contributed by atoms with Crippen LogP contribution in [0.1, 0.15) is 35.1 Å². The third kappa shape index (κ3) is 3.41. The van der Waals surface area contributed by atoms with Crippen molar-refractivity contribution in [3.8, 4) is 12.1 Å². The van der Waals surface area contributed by atoms with Crippen LogP contribution < -0.4 is 5.32 Å². The van der Waals surface area contributed by atoms with Gasteiger partial charge in [0.05, 0.1) is 29.8 Å². The Morgan fingerprint density at radius 2 is 1.33 bits per heavy atom. The molecule has 2 aliphatic rings. The van der Waals surface area contributed by atoms with Gasteiger partial charge in [-0.2, -0.15) is 10.5 Å². The molecular formula is C23H21N5O2. The van der Waals surface area contributed by atoms with Crippen molar-refractivity contribution >= 4 is 11.9 Å². The molecule has 3 amide bonds. The summed E-state index contributed by atoms with van der Waals surface area (Å²) in [7, 11) is 0. The Kier molecular flexibility index (Phi) is 5.22. The predicted molar refractivity (Wildman–Crippen MR) is 109 cm³/mol. The van der Waals surface area contributed by atoms with Gasteiger partial charge in [0.1, 0.15) is 5.54 Å². The van der Waals surface area contributed by atoms with E-state index in [2.05, 4.69) is 17.5 Å². The van der Waals surface area contributed by atoms with E-state index < -0.39 is 5.54 Å². The summed E-state index contributed by atoms with van der Waals surface area (Å²) in [6.07, 6.45) is 1.13. The summed E-state index contributed by atoms with van der Waals surface area (Å²) in [5, 5.41) is 21.2. The first-order chi connectivity index (χ1) is 14.6. The summed E-state index contributed by atoms with van der Waals surface area (Å²) >= 11 is 0. The molecule has 0 aliphatic carbocycles. The summed E-state index contributed by atoms with van der Waals surface area (Å²) < 4.78 is 0. The SMILES string of the molecule is N#Cc1ccc(CN2C(=O)N(Cc3ccc(C#N)cc3)C3(CCNCC3)C2=O)cc1. The topological polar surface area (TPSA) is 100 Å². The van der Waals surface area contributed by atoms with Crippen molar-refractivity contribution in [2.45, 2.75) is 31.5 Å². The highest BCUT2D eigenvalue weighted by Gasteiger charge is 2.57. The van der Waals surface area contributed by atoms with E-state index in [1.807, 2.05) is 12.1 Å². The van der Waals surface area contributed by atoms with Gasteiger partial charge in [0, 0.05) is 6.54 Å². The van der Waals surface area contributed by atoms with Crippen LogP contribution in [0.5, 0.6) is 0 Å².